The Morgan fingerprint density at radius 1 is 1.03 bits per heavy atom. The molecule has 1 aliphatic heterocycles. The van der Waals surface area contributed by atoms with Crippen LogP contribution in [0.4, 0.5) is 0 Å². The van der Waals surface area contributed by atoms with Crippen molar-refractivity contribution in [2.45, 2.75) is 46.3 Å². The topological polar surface area (TPSA) is 110 Å². The van der Waals surface area contributed by atoms with E-state index >= 15 is 0 Å². The van der Waals surface area contributed by atoms with Gasteiger partial charge in [-0.25, -0.2) is 0 Å². The van der Waals surface area contributed by atoms with Gasteiger partial charge in [0.15, 0.2) is 23.1 Å². The van der Waals surface area contributed by atoms with E-state index in [9.17, 15) is 24.6 Å². The number of fused-ring (bicyclic) bond motifs is 3. The number of phenolic OH excluding ortho intramolecular Hbond substituents is 2. The summed E-state index contributed by atoms with van der Waals surface area (Å²) in [5, 5.41) is 21.7. The number of rotatable bonds is 4. The molecule has 5 rings (SSSR count). The van der Waals surface area contributed by atoms with Crippen LogP contribution in [0.25, 0.3) is 11.6 Å². The van der Waals surface area contributed by atoms with Gasteiger partial charge in [-0.05, 0) is 60.2 Å². The first-order valence-electron chi connectivity index (χ1n) is 11.5. The second kappa shape index (κ2) is 7.98. The van der Waals surface area contributed by atoms with E-state index in [1.807, 2.05) is 26.0 Å². The summed E-state index contributed by atoms with van der Waals surface area (Å²) in [6, 6.07) is 3.48. The molecule has 0 bridgehead atoms. The van der Waals surface area contributed by atoms with Crippen LogP contribution in [-0.4, -0.2) is 33.9 Å². The number of ether oxygens (including phenoxy) is 2. The van der Waals surface area contributed by atoms with Gasteiger partial charge in [0, 0.05) is 17.5 Å². The highest BCUT2D eigenvalue weighted by Gasteiger charge is 2.44. The zero-order valence-corrected chi connectivity index (χ0v) is 19.7. The standard InChI is InChI=1S/C28H24O7/c1-5-14-8-16-10-15(6-2)20(11-17(16)18(29)9-14)34-28-26(33)23-24(31)22-19(30)7-12(3)13(4)21(22)25(32)27(23)35-28/h7-8,10-11,28,31-32H,4-6,9H2,1-3H3. The van der Waals surface area contributed by atoms with Crippen LogP contribution in [0.3, 0.4) is 0 Å². The molecule has 1 heterocycles. The maximum absolute atomic E-state index is 13.2. The van der Waals surface area contributed by atoms with Crippen LogP contribution in [0.1, 0.15) is 81.4 Å². The number of phenols is 2. The van der Waals surface area contributed by atoms with Gasteiger partial charge in [-0.15, -0.1) is 0 Å². The number of hydrogen-bond donors (Lipinski definition) is 2. The SMILES string of the molecule is C=C1C(C)=CC(=O)c2c(O)c3c(c(O)c21)OC(Oc1cc2c(cc1CC)C=C(CC)CC2=O)C3=O. The highest BCUT2D eigenvalue weighted by molar-refractivity contribution is 6.20. The Bertz CT molecular complexity index is 1440. The predicted octanol–water partition coefficient (Wildman–Crippen LogP) is 5.18. The number of Topliss-reactive ketones (excluding diaryl/α,β-unsaturated/α-hetero) is 2. The van der Waals surface area contributed by atoms with Gasteiger partial charge in [0.1, 0.15) is 17.1 Å². The van der Waals surface area contributed by atoms with Gasteiger partial charge in [-0.3, -0.25) is 14.4 Å². The molecular weight excluding hydrogens is 448 g/mol. The van der Waals surface area contributed by atoms with E-state index in [0.717, 1.165) is 23.1 Å². The minimum Gasteiger partial charge on any atom is -0.506 e. The van der Waals surface area contributed by atoms with Crippen molar-refractivity contribution in [3.63, 3.8) is 0 Å². The van der Waals surface area contributed by atoms with Crippen LogP contribution < -0.4 is 9.47 Å². The molecule has 35 heavy (non-hydrogen) atoms. The first-order valence-corrected chi connectivity index (χ1v) is 11.5. The molecule has 1 unspecified atom stereocenters. The summed E-state index contributed by atoms with van der Waals surface area (Å²) in [4.78, 5) is 38.5. The van der Waals surface area contributed by atoms with Crippen molar-refractivity contribution in [3.05, 3.63) is 69.3 Å². The van der Waals surface area contributed by atoms with Gasteiger partial charge in [0.05, 0.1) is 5.56 Å². The largest absolute Gasteiger partial charge is 0.506 e. The van der Waals surface area contributed by atoms with Crippen molar-refractivity contribution in [1.29, 1.82) is 0 Å². The molecule has 3 aliphatic rings. The molecule has 0 amide bonds. The summed E-state index contributed by atoms with van der Waals surface area (Å²) in [5.74, 6) is -2.29. The lowest BCUT2D eigenvalue weighted by Crippen LogP contribution is -2.28. The van der Waals surface area contributed by atoms with Crippen LogP contribution >= 0.6 is 0 Å². The fourth-order valence-corrected chi connectivity index (χ4v) is 4.79. The van der Waals surface area contributed by atoms with Crippen LogP contribution in [0.2, 0.25) is 0 Å². The maximum atomic E-state index is 13.2. The Labute approximate surface area is 202 Å². The first kappa shape index (κ1) is 22.7. The highest BCUT2D eigenvalue weighted by Crippen LogP contribution is 2.52. The Kier molecular flexibility index (Phi) is 5.16. The predicted molar refractivity (Wildman–Crippen MR) is 129 cm³/mol. The quantitative estimate of drug-likeness (QED) is 0.590. The first-order chi connectivity index (χ1) is 16.7. The lowest BCUT2D eigenvalue weighted by Gasteiger charge is -2.21. The molecule has 2 N–H and O–H groups in total. The average Bonchev–Trinajstić information content (AvgIpc) is 3.16. The number of hydrogen-bond acceptors (Lipinski definition) is 7. The summed E-state index contributed by atoms with van der Waals surface area (Å²) in [7, 11) is 0. The molecule has 0 radical (unpaired) electrons. The van der Waals surface area contributed by atoms with Crippen molar-refractivity contribution in [2.75, 3.05) is 0 Å². The lowest BCUT2D eigenvalue weighted by atomic mass is 9.84. The van der Waals surface area contributed by atoms with E-state index in [4.69, 9.17) is 9.47 Å². The molecule has 2 aliphatic carbocycles. The average molecular weight is 472 g/mol. The van der Waals surface area contributed by atoms with E-state index in [2.05, 4.69) is 6.58 Å². The molecule has 7 nitrogen and oxygen atoms in total. The Balaban J connectivity index is 1.55. The summed E-state index contributed by atoms with van der Waals surface area (Å²) < 4.78 is 11.6. The van der Waals surface area contributed by atoms with E-state index in [0.29, 0.717) is 35.3 Å². The van der Waals surface area contributed by atoms with Crippen LogP contribution in [0, 0.1) is 0 Å². The molecule has 178 valence electrons. The number of aryl methyl sites for hydroxylation is 1. The summed E-state index contributed by atoms with van der Waals surface area (Å²) >= 11 is 0. The van der Waals surface area contributed by atoms with Gasteiger partial charge in [0.2, 0.25) is 0 Å². The van der Waals surface area contributed by atoms with Gasteiger partial charge < -0.3 is 19.7 Å². The number of carbonyl (C=O) groups excluding carboxylic acids is 3. The minimum absolute atomic E-state index is 0.0309. The highest BCUT2D eigenvalue weighted by atomic mass is 16.7. The Hall–Kier alpha value is -4.13. The van der Waals surface area contributed by atoms with Crippen LogP contribution in [0.15, 0.2) is 35.9 Å². The fraction of sp³-hybridized carbons (Fsp3) is 0.250. The van der Waals surface area contributed by atoms with Gasteiger partial charge in [0.25, 0.3) is 5.78 Å². The zero-order valence-electron chi connectivity index (χ0n) is 19.7. The number of aromatic hydroxyl groups is 2. The van der Waals surface area contributed by atoms with Crippen molar-refractivity contribution in [2.24, 2.45) is 0 Å². The third-order valence-corrected chi connectivity index (χ3v) is 6.81. The second-order valence-electron chi connectivity index (χ2n) is 8.91. The monoisotopic (exact) mass is 472 g/mol. The van der Waals surface area contributed by atoms with Gasteiger partial charge >= 0.3 is 6.29 Å². The molecule has 0 spiro atoms. The van der Waals surface area contributed by atoms with Crippen LogP contribution in [-0.2, 0) is 6.42 Å². The molecule has 0 saturated carbocycles. The van der Waals surface area contributed by atoms with Gasteiger partial charge in [-0.1, -0.05) is 32.1 Å². The summed E-state index contributed by atoms with van der Waals surface area (Å²) in [6.07, 6.45) is 3.48. The third kappa shape index (κ3) is 3.30. The molecule has 2 aromatic rings. The van der Waals surface area contributed by atoms with E-state index < -0.39 is 29.4 Å². The van der Waals surface area contributed by atoms with Crippen molar-refractivity contribution in [3.8, 4) is 23.0 Å². The normalized spacial score (nSPS) is 18.4. The third-order valence-electron chi connectivity index (χ3n) is 6.81. The van der Waals surface area contributed by atoms with Crippen LogP contribution in [0.5, 0.6) is 23.0 Å². The molecular formula is C28H24O7. The van der Waals surface area contributed by atoms with E-state index in [1.54, 1.807) is 13.0 Å². The maximum Gasteiger partial charge on any atom is 0.305 e. The number of carbonyl (C=O) groups is 3. The zero-order chi connectivity index (χ0) is 25.2. The summed E-state index contributed by atoms with van der Waals surface area (Å²) in [6.45, 7) is 9.48. The molecule has 0 fully saturated rings. The number of allylic oxidation sites excluding steroid dienone is 4. The summed E-state index contributed by atoms with van der Waals surface area (Å²) in [5.41, 5.74) is 3.54. The number of ketones is 3. The fourth-order valence-electron chi connectivity index (χ4n) is 4.79. The second-order valence-corrected chi connectivity index (χ2v) is 8.91. The lowest BCUT2D eigenvalue weighted by molar-refractivity contribution is 0.0226. The van der Waals surface area contributed by atoms with Gasteiger partial charge in [-0.2, -0.15) is 0 Å². The van der Waals surface area contributed by atoms with Crippen molar-refractivity contribution >= 4 is 29.0 Å². The minimum atomic E-state index is -1.51. The molecule has 0 aromatic heterocycles. The van der Waals surface area contributed by atoms with Crippen molar-refractivity contribution in [1.82, 2.24) is 0 Å². The molecule has 1 atom stereocenters. The van der Waals surface area contributed by atoms with Crippen molar-refractivity contribution < 1.29 is 34.1 Å². The Morgan fingerprint density at radius 2 is 1.77 bits per heavy atom. The smallest absolute Gasteiger partial charge is 0.305 e. The molecule has 0 saturated heterocycles. The Morgan fingerprint density at radius 3 is 2.46 bits per heavy atom. The van der Waals surface area contributed by atoms with E-state index in [-0.39, 0.29) is 28.2 Å². The van der Waals surface area contributed by atoms with E-state index in [1.165, 1.54) is 6.08 Å². The molecule has 7 heteroatoms. The molecule has 2 aromatic carbocycles. The number of benzene rings is 2.